The fourth-order valence-electron chi connectivity index (χ4n) is 1.89. The van der Waals surface area contributed by atoms with E-state index in [4.69, 9.17) is 11.5 Å². The van der Waals surface area contributed by atoms with Gasteiger partial charge in [0.2, 0.25) is 0 Å². The predicted molar refractivity (Wildman–Crippen MR) is 64.8 cm³/mol. The third-order valence-corrected chi connectivity index (χ3v) is 2.90. The number of tetrazole rings is 1. The van der Waals surface area contributed by atoms with Crippen molar-refractivity contribution in [2.24, 2.45) is 5.92 Å². The number of nitrogens with two attached hydrogens (primary N) is 2. The lowest BCUT2D eigenvalue weighted by Crippen LogP contribution is -2.05. The lowest BCUT2D eigenvalue weighted by molar-refractivity contribution is 0.548. The lowest BCUT2D eigenvalue weighted by atomic mass is 10.1. The molecule has 6 nitrogen and oxygen atoms in total. The molecular formula is C11H14N6. The highest BCUT2D eigenvalue weighted by Gasteiger charge is 2.24. The van der Waals surface area contributed by atoms with Crippen LogP contribution >= 0.6 is 0 Å². The average molecular weight is 230 g/mol. The molecule has 1 aromatic carbocycles. The van der Waals surface area contributed by atoms with Gasteiger partial charge in [0, 0.05) is 23.5 Å². The molecule has 0 spiro atoms. The van der Waals surface area contributed by atoms with Crippen LogP contribution in [0.25, 0.3) is 11.4 Å². The highest BCUT2D eigenvalue weighted by atomic mass is 15.5. The number of nitrogens with zero attached hydrogens (tertiary/aromatic N) is 4. The number of hydrogen-bond acceptors (Lipinski definition) is 5. The van der Waals surface area contributed by atoms with Crippen LogP contribution in [0.4, 0.5) is 11.4 Å². The molecule has 1 aliphatic carbocycles. The summed E-state index contributed by atoms with van der Waals surface area (Å²) in [6, 6.07) is 5.40. The molecule has 0 saturated heterocycles. The zero-order chi connectivity index (χ0) is 11.8. The maximum Gasteiger partial charge on any atom is 0.182 e. The molecule has 0 amide bonds. The van der Waals surface area contributed by atoms with E-state index in [1.165, 1.54) is 12.8 Å². The second kappa shape index (κ2) is 3.73. The predicted octanol–water partition coefficient (Wildman–Crippen LogP) is 0.914. The van der Waals surface area contributed by atoms with Crippen molar-refractivity contribution in [3.05, 3.63) is 18.2 Å². The number of nitrogen functional groups attached to an aromatic ring is 2. The molecule has 3 rings (SSSR count). The molecule has 0 aliphatic heterocycles. The third-order valence-electron chi connectivity index (χ3n) is 2.90. The maximum atomic E-state index is 5.77. The summed E-state index contributed by atoms with van der Waals surface area (Å²) in [5, 5.41) is 11.8. The van der Waals surface area contributed by atoms with E-state index in [9.17, 15) is 0 Å². The lowest BCUT2D eigenvalue weighted by Gasteiger charge is -2.05. The van der Waals surface area contributed by atoms with Crippen molar-refractivity contribution in [2.75, 3.05) is 11.5 Å². The number of rotatable bonds is 3. The van der Waals surface area contributed by atoms with Gasteiger partial charge in [-0.15, -0.1) is 5.10 Å². The van der Waals surface area contributed by atoms with Gasteiger partial charge in [-0.25, -0.2) is 4.68 Å². The first kappa shape index (κ1) is 10.1. The highest BCUT2D eigenvalue weighted by molar-refractivity contribution is 5.67. The maximum absolute atomic E-state index is 5.77. The second-order valence-corrected chi connectivity index (χ2v) is 4.52. The van der Waals surface area contributed by atoms with Crippen molar-refractivity contribution >= 4 is 11.4 Å². The van der Waals surface area contributed by atoms with Gasteiger partial charge in [0.15, 0.2) is 5.82 Å². The van der Waals surface area contributed by atoms with E-state index in [1.807, 2.05) is 16.8 Å². The summed E-state index contributed by atoms with van der Waals surface area (Å²) >= 11 is 0. The summed E-state index contributed by atoms with van der Waals surface area (Å²) in [4.78, 5) is 0. The van der Waals surface area contributed by atoms with E-state index in [2.05, 4.69) is 15.5 Å². The van der Waals surface area contributed by atoms with E-state index in [-0.39, 0.29) is 0 Å². The zero-order valence-corrected chi connectivity index (χ0v) is 9.37. The molecule has 6 heteroatoms. The summed E-state index contributed by atoms with van der Waals surface area (Å²) in [6.07, 6.45) is 2.52. The first-order valence-electron chi connectivity index (χ1n) is 5.65. The first-order valence-corrected chi connectivity index (χ1v) is 5.65. The summed E-state index contributed by atoms with van der Waals surface area (Å²) in [5.41, 5.74) is 13.7. The van der Waals surface area contributed by atoms with Gasteiger partial charge in [0.1, 0.15) is 0 Å². The molecule has 17 heavy (non-hydrogen) atoms. The van der Waals surface area contributed by atoms with Crippen LogP contribution in [-0.4, -0.2) is 20.2 Å². The first-order chi connectivity index (χ1) is 8.22. The summed E-state index contributed by atoms with van der Waals surface area (Å²) in [7, 11) is 0. The van der Waals surface area contributed by atoms with Crippen LogP contribution in [0.1, 0.15) is 12.8 Å². The van der Waals surface area contributed by atoms with Gasteiger partial charge >= 0.3 is 0 Å². The minimum atomic E-state index is 0.626. The Hall–Kier alpha value is -2.11. The van der Waals surface area contributed by atoms with Crippen LogP contribution in [0.3, 0.4) is 0 Å². The number of hydrogen-bond donors (Lipinski definition) is 2. The van der Waals surface area contributed by atoms with Gasteiger partial charge in [0.25, 0.3) is 0 Å². The van der Waals surface area contributed by atoms with Gasteiger partial charge in [-0.3, -0.25) is 0 Å². The molecule has 0 atom stereocenters. The van der Waals surface area contributed by atoms with Crippen molar-refractivity contribution in [3.63, 3.8) is 0 Å². The minimum Gasteiger partial charge on any atom is -0.399 e. The SMILES string of the molecule is Nc1cc(N)cc(-c2nnnn2CC2CC2)c1. The van der Waals surface area contributed by atoms with Gasteiger partial charge in [-0.1, -0.05) is 0 Å². The smallest absolute Gasteiger partial charge is 0.182 e. The van der Waals surface area contributed by atoms with Gasteiger partial charge in [-0.2, -0.15) is 0 Å². The molecule has 0 radical (unpaired) electrons. The monoisotopic (exact) mass is 230 g/mol. The molecule has 2 aromatic rings. The minimum absolute atomic E-state index is 0.626. The molecule has 88 valence electrons. The Kier molecular flexibility index (Phi) is 2.21. The van der Waals surface area contributed by atoms with Gasteiger partial charge < -0.3 is 11.5 Å². The van der Waals surface area contributed by atoms with Crippen molar-refractivity contribution < 1.29 is 0 Å². The van der Waals surface area contributed by atoms with Crippen molar-refractivity contribution in [2.45, 2.75) is 19.4 Å². The highest BCUT2D eigenvalue weighted by Crippen LogP contribution is 2.32. The quantitative estimate of drug-likeness (QED) is 0.764. The Labute approximate surface area is 98.6 Å². The van der Waals surface area contributed by atoms with Crippen LogP contribution < -0.4 is 11.5 Å². The van der Waals surface area contributed by atoms with E-state index >= 15 is 0 Å². The normalized spacial score (nSPS) is 15.1. The van der Waals surface area contributed by atoms with Gasteiger partial charge in [-0.05, 0) is 47.4 Å². The second-order valence-electron chi connectivity index (χ2n) is 4.52. The molecule has 0 unspecified atom stereocenters. The summed E-state index contributed by atoms with van der Waals surface area (Å²) in [5.74, 6) is 1.45. The Balaban J connectivity index is 1.98. The van der Waals surface area contributed by atoms with Crippen LogP contribution in [0.5, 0.6) is 0 Å². The molecular weight excluding hydrogens is 216 g/mol. The van der Waals surface area contributed by atoms with Crippen molar-refractivity contribution in [1.29, 1.82) is 0 Å². The van der Waals surface area contributed by atoms with Crippen molar-refractivity contribution in [1.82, 2.24) is 20.2 Å². The Bertz CT molecular complexity index is 522. The van der Waals surface area contributed by atoms with Crippen LogP contribution in [0.2, 0.25) is 0 Å². The fraction of sp³-hybridized carbons (Fsp3) is 0.364. The van der Waals surface area contributed by atoms with Crippen LogP contribution in [0.15, 0.2) is 18.2 Å². The Morgan fingerprint density at radius 1 is 1.18 bits per heavy atom. The summed E-state index contributed by atoms with van der Waals surface area (Å²) < 4.78 is 1.83. The molecule has 4 N–H and O–H groups in total. The van der Waals surface area contributed by atoms with Crippen molar-refractivity contribution in [3.8, 4) is 11.4 Å². The molecule has 1 aromatic heterocycles. The zero-order valence-electron chi connectivity index (χ0n) is 9.37. The largest absolute Gasteiger partial charge is 0.399 e. The van der Waals surface area contributed by atoms with E-state index in [0.29, 0.717) is 11.4 Å². The van der Waals surface area contributed by atoms with Gasteiger partial charge in [0.05, 0.1) is 0 Å². The molecule has 0 bridgehead atoms. The van der Waals surface area contributed by atoms with E-state index < -0.39 is 0 Å². The summed E-state index contributed by atoms with van der Waals surface area (Å²) in [6.45, 7) is 0.872. The van der Waals surface area contributed by atoms with E-state index in [0.717, 1.165) is 23.9 Å². The average Bonchev–Trinajstić information content (AvgIpc) is 2.93. The molecule has 1 saturated carbocycles. The fourth-order valence-corrected chi connectivity index (χ4v) is 1.89. The van der Waals surface area contributed by atoms with Crippen LogP contribution in [-0.2, 0) is 6.54 Å². The number of benzene rings is 1. The molecule has 1 fully saturated rings. The Morgan fingerprint density at radius 2 is 1.88 bits per heavy atom. The molecule has 1 heterocycles. The molecule has 1 aliphatic rings. The third kappa shape index (κ3) is 2.06. The number of aromatic nitrogens is 4. The topological polar surface area (TPSA) is 95.6 Å². The Morgan fingerprint density at radius 3 is 2.53 bits per heavy atom. The van der Waals surface area contributed by atoms with E-state index in [1.54, 1.807) is 6.07 Å². The number of anilines is 2. The van der Waals surface area contributed by atoms with Crippen LogP contribution in [0, 0.1) is 5.92 Å². The standard InChI is InChI=1S/C11H14N6/c12-9-3-8(4-10(13)5-9)11-14-15-16-17(11)6-7-1-2-7/h3-5,7H,1-2,6,12-13H2.